The summed E-state index contributed by atoms with van der Waals surface area (Å²) >= 11 is 3.37. The highest BCUT2D eigenvalue weighted by molar-refractivity contribution is 9.10. The molecular weight excluding hydrogens is 272 g/mol. The Balaban J connectivity index is 2.09. The highest BCUT2D eigenvalue weighted by Gasteiger charge is 2.43. The van der Waals surface area contributed by atoms with Crippen LogP contribution in [0.4, 0.5) is 0 Å². The first-order valence-electron chi connectivity index (χ1n) is 5.24. The molecule has 1 aliphatic carbocycles. The van der Waals surface area contributed by atoms with E-state index < -0.39 is 5.79 Å². The molecule has 0 atom stereocenters. The average Bonchev–Trinajstić information content (AvgIpc) is 2.13. The molecule has 1 aromatic carbocycles. The number of rotatable bonds is 3. The van der Waals surface area contributed by atoms with Gasteiger partial charge in [0.15, 0.2) is 0 Å². The zero-order valence-electron chi connectivity index (χ0n) is 9.03. The summed E-state index contributed by atoms with van der Waals surface area (Å²) < 4.78 is 11.9. The first kappa shape index (κ1) is 11.5. The van der Waals surface area contributed by atoms with Gasteiger partial charge in [-0.25, -0.2) is 0 Å². The van der Waals surface area contributed by atoms with Gasteiger partial charge < -0.3 is 9.47 Å². The lowest BCUT2D eigenvalue weighted by Crippen LogP contribution is -2.46. The van der Waals surface area contributed by atoms with Crippen LogP contribution in [-0.4, -0.2) is 11.8 Å². The van der Waals surface area contributed by atoms with Crippen molar-refractivity contribution in [2.75, 3.05) is 0 Å². The van der Waals surface area contributed by atoms with Crippen LogP contribution < -0.4 is 4.74 Å². The third-order valence-electron chi connectivity index (χ3n) is 2.55. The Morgan fingerprint density at radius 2 is 2.19 bits per heavy atom. The number of esters is 1. The molecular formula is C12H13BrO3. The number of carbonyl (C=O) groups excluding carboxylic acids is 1. The molecule has 2 rings (SSSR count). The Labute approximate surface area is 103 Å². The molecule has 0 radical (unpaired) electrons. The van der Waals surface area contributed by atoms with Crippen molar-refractivity contribution in [3.63, 3.8) is 0 Å². The molecule has 0 aliphatic heterocycles. The van der Waals surface area contributed by atoms with Crippen LogP contribution in [0.2, 0.25) is 0 Å². The van der Waals surface area contributed by atoms with E-state index in [-0.39, 0.29) is 5.97 Å². The van der Waals surface area contributed by atoms with Crippen molar-refractivity contribution < 1.29 is 14.3 Å². The molecule has 0 saturated heterocycles. The van der Waals surface area contributed by atoms with E-state index in [1.54, 1.807) is 0 Å². The first-order chi connectivity index (χ1) is 7.60. The van der Waals surface area contributed by atoms with Crippen LogP contribution in [0.3, 0.4) is 0 Å². The summed E-state index contributed by atoms with van der Waals surface area (Å²) in [6.07, 6.45) is 2.56. The van der Waals surface area contributed by atoms with Gasteiger partial charge in [-0.3, -0.25) is 4.79 Å². The summed E-state index contributed by atoms with van der Waals surface area (Å²) in [5.41, 5.74) is 0. The van der Waals surface area contributed by atoms with Crippen LogP contribution in [0.25, 0.3) is 0 Å². The minimum atomic E-state index is -0.730. The molecule has 0 unspecified atom stereocenters. The number of ether oxygens (including phenoxy) is 2. The molecule has 0 N–H and O–H groups in total. The van der Waals surface area contributed by atoms with Gasteiger partial charge in [0.1, 0.15) is 5.75 Å². The van der Waals surface area contributed by atoms with E-state index in [4.69, 9.17) is 9.47 Å². The van der Waals surface area contributed by atoms with Gasteiger partial charge >= 0.3 is 5.97 Å². The molecule has 86 valence electrons. The standard InChI is InChI=1S/C12H13BrO3/c1-9(14)15-12(6-3-7-12)16-11-5-2-4-10(13)8-11/h2,4-5,8H,3,6-7H2,1H3. The van der Waals surface area contributed by atoms with Gasteiger partial charge in [0.25, 0.3) is 5.79 Å². The molecule has 1 aliphatic rings. The van der Waals surface area contributed by atoms with Gasteiger partial charge in [-0.15, -0.1) is 0 Å². The highest BCUT2D eigenvalue weighted by Crippen LogP contribution is 2.38. The molecule has 0 amide bonds. The second-order valence-corrected chi connectivity index (χ2v) is 4.83. The van der Waals surface area contributed by atoms with Gasteiger partial charge in [0.2, 0.25) is 0 Å². The van der Waals surface area contributed by atoms with Crippen LogP contribution in [-0.2, 0) is 9.53 Å². The Hall–Kier alpha value is -1.03. The van der Waals surface area contributed by atoms with E-state index >= 15 is 0 Å². The fraction of sp³-hybridized carbons (Fsp3) is 0.417. The number of hydrogen-bond donors (Lipinski definition) is 0. The quantitative estimate of drug-likeness (QED) is 0.631. The summed E-state index contributed by atoms with van der Waals surface area (Å²) in [5, 5.41) is 0. The Kier molecular flexibility index (Phi) is 3.19. The number of carbonyl (C=O) groups is 1. The Morgan fingerprint density at radius 1 is 1.44 bits per heavy atom. The van der Waals surface area contributed by atoms with E-state index in [1.807, 2.05) is 24.3 Å². The highest BCUT2D eigenvalue weighted by atomic mass is 79.9. The zero-order valence-corrected chi connectivity index (χ0v) is 10.6. The second kappa shape index (κ2) is 4.45. The average molecular weight is 285 g/mol. The fourth-order valence-corrected chi connectivity index (χ4v) is 2.08. The van der Waals surface area contributed by atoms with E-state index in [1.165, 1.54) is 6.92 Å². The molecule has 16 heavy (non-hydrogen) atoms. The van der Waals surface area contributed by atoms with Gasteiger partial charge in [0.05, 0.1) is 0 Å². The number of benzene rings is 1. The van der Waals surface area contributed by atoms with Crippen molar-refractivity contribution in [1.82, 2.24) is 0 Å². The van der Waals surface area contributed by atoms with Crippen LogP contribution in [0.1, 0.15) is 26.2 Å². The smallest absolute Gasteiger partial charge is 0.305 e. The maximum atomic E-state index is 11.0. The van der Waals surface area contributed by atoms with Crippen molar-refractivity contribution in [2.24, 2.45) is 0 Å². The topological polar surface area (TPSA) is 35.5 Å². The molecule has 4 heteroatoms. The minimum absolute atomic E-state index is 0.297. The van der Waals surface area contributed by atoms with Gasteiger partial charge in [-0.05, 0) is 24.6 Å². The predicted octanol–water partition coefficient (Wildman–Crippen LogP) is 3.27. The van der Waals surface area contributed by atoms with Crippen molar-refractivity contribution in [3.05, 3.63) is 28.7 Å². The summed E-state index contributed by atoms with van der Waals surface area (Å²) in [4.78, 5) is 11.0. The van der Waals surface area contributed by atoms with E-state index in [9.17, 15) is 4.79 Å². The number of hydrogen-bond acceptors (Lipinski definition) is 3. The normalized spacial score (nSPS) is 17.4. The number of halogens is 1. The zero-order chi connectivity index (χ0) is 11.6. The molecule has 1 fully saturated rings. The molecule has 1 saturated carbocycles. The fourth-order valence-electron chi connectivity index (χ4n) is 1.70. The maximum absolute atomic E-state index is 11.0. The maximum Gasteiger partial charge on any atom is 0.305 e. The van der Waals surface area contributed by atoms with Crippen molar-refractivity contribution in [1.29, 1.82) is 0 Å². The van der Waals surface area contributed by atoms with E-state index in [0.29, 0.717) is 0 Å². The molecule has 0 aromatic heterocycles. The SMILES string of the molecule is CC(=O)OC1(Oc2cccc(Br)c2)CCC1. The lowest BCUT2D eigenvalue weighted by molar-refractivity contribution is -0.223. The molecule has 0 spiro atoms. The monoisotopic (exact) mass is 284 g/mol. The second-order valence-electron chi connectivity index (χ2n) is 3.92. The lowest BCUT2D eigenvalue weighted by Gasteiger charge is -2.40. The molecule has 1 aromatic rings. The molecule has 0 heterocycles. The van der Waals surface area contributed by atoms with Gasteiger partial charge in [0, 0.05) is 24.2 Å². The summed E-state index contributed by atoms with van der Waals surface area (Å²) in [6, 6.07) is 7.53. The Morgan fingerprint density at radius 3 is 2.69 bits per heavy atom. The van der Waals surface area contributed by atoms with Crippen LogP contribution in [0.5, 0.6) is 5.75 Å². The van der Waals surface area contributed by atoms with Crippen LogP contribution in [0, 0.1) is 0 Å². The lowest BCUT2D eigenvalue weighted by atomic mass is 9.91. The third kappa shape index (κ3) is 2.55. The first-order valence-corrected chi connectivity index (χ1v) is 6.03. The minimum Gasteiger partial charge on any atom is -0.452 e. The van der Waals surface area contributed by atoms with Gasteiger partial charge in [-0.2, -0.15) is 0 Å². The molecule has 3 nitrogen and oxygen atoms in total. The predicted molar refractivity (Wildman–Crippen MR) is 63.1 cm³/mol. The Bertz CT molecular complexity index is 399. The van der Waals surface area contributed by atoms with Crippen molar-refractivity contribution in [2.45, 2.75) is 32.0 Å². The van der Waals surface area contributed by atoms with E-state index in [2.05, 4.69) is 15.9 Å². The van der Waals surface area contributed by atoms with Crippen LogP contribution in [0.15, 0.2) is 28.7 Å². The third-order valence-corrected chi connectivity index (χ3v) is 3.04. The largest absolute Gasteiger partial charge is 0.452 e. The summed E-state index contributed by atoms with van der Waals surface area (Å²) in [7, 11) is 0. The summed E-state index contributed by atoms with van der Waals surface area (Å²) in [5.74, 6) is -0.308. The van der Waals surface area contributed by atoms with Crippen LogP contribution >= 0.6 is 15.9 Å². The van der Waals surface area contributed by atoms with E-state index in [0.717, 1.165) is 29.5 Å². The van der Waals surface area contributed by atoms with Gasteiger partial charge in [-0.1, -0.05) is 22.0 Å². The summed E-state index contributed by atoms with van der Waals surface area (Å²) in [6.45, 7) is 1.41. The van der Waals surface area contributed by atoms with Crippen molar-refractivity contribution >= 4 is 21.9 Å². The van der Waals surface area contributed by atoms with Crippen molar-refractivity contribution in [3.8, 4) is 5.75 Å². The molecule has 0 bridgehead atoms.